The molecule has 5 nitrogen and oxygen atoms in total. The first-order valence-electron chi connectivity index (χ1n) is 8.19. The monoisotopic (exact) mass is 335 g/mol. The van der Waals surface area contributed by atoms with Crippen LogP contribution in [0.4, 0.5) is 10.1 Å². The highest BCUT2D eigenvalue weighted by Gasteiger charge is 2.40. The highest BCUT2D eigenvalue weighted by atomic mass is 19.1. The Balaban J connectivity index is 1.53. The first kappa shape index (κ1) is 15.6. The molecule has 0 bridgehead atoms. The van der Waals surface area contributed by atoms with Gasteiger partial charge in [0, 0.05) is 38.9 Å². The number of aromatic nitrogens is 4. The predicted molar refractivity (Wildman–Crippen MR) is 93.9 cm³/mol. The summed E-state index contributed by atoms with van der Waals surface area (Å²) in [5.74, 6) is 1.63. The van der Waals surface area contributed by atoms with Crippen LogP contribution in [0, 0.1) is 5.82 Å². The minimum atomic E-state index is -0.193. The van der Waals surface area contributed by atoms with Crippen molar-refractivity contribution >= 4 is 5.69 Å². The van der Waals surface area contributed by atoms with E-state index in [-0.39, 0.29) is 5.82 Å². The summed E-state index contributed by atoms with van der Waals surface area (Å²) in [6.07, 6.45) is 8.07. The van der Waals surface area contributed by atoms with Gasteiger partial charge in [-0.05, 0) is 47.6 Å². The topological polar surface area (TPSA) is 54.8 Å². The van der Waals surface area contributed by atoms with Gasteiger partial charge in [-0.2, -0.15) is 0 Å². The van der Waals surface area contributed by atoms with Gasteiger partial charge < -0.3 is 4.90 Å². The summed E-state index contributed by atoms with van der Waals surface area (Å²) in [7, 11) is 3.70. The number of rotatable bonds is 4. The van der Waals surface area contributed by atoms with Crippen LogP contribution in [-0.4, -0.2) is 34.0 Å². The van der Waals surface area contributed by atoms with Gasteiger partial charge in [-0.3, -0.25) is 0 Å². The largest absolute Gasteiger partial charge is 0.375 e. The Morgan fingerprint density at radius 3 is 2.24 bits per heavy atom. The Labute approximate surface area is 145 Å². The average molecular weight is 335 g/mol. The van der Waals surface area contributed by atoms with E-state index in [1.54, 1.807) is 29.4 Å². The van der Waals surface area contributed by atoms with Crippen molar-refractivity contribution in [2.75, 3.05) is 19.0 Å². The minimum absolute atomic E-state index is 0.193. The third-order valence-electron chi connectivity index (χ3n) is 4.54. The smallest absolute Gasteiger partial charge is 0.197 e. The van der Waals surface area contributed by atoms with E-state index in [1.165, 1.54) is 0 Å². The number of hydrogen-bond acceptors (Lipinski definition) is 5. The molecule has 0 N–H and O–H groups in total. The van der Waals surface area contributed by atoms with Crippen LogP contribution in [0.1, 0.15) is 29.4 Å². The summed E-state index contributed by atoms with van der Waals surface area (Å²) in [6, 6.07) is 7.12. The van der Waals surface area contributed by atoms with E-state index in [4.69, 9.17) is 0 Å². The van der Waals surface area contributed by atoms with Crippen molar-refractivity contribution in [1.29, 1.82) is 0 Å². The molecule has 4 rings (SSSR count). The normalized spacial score (nSPS) is 18.8. The van der Waals surface area contributed by atoms with Gasteiger partial charge in [0.05, 0.1) is 5.69 Å². The first-order chi connectivity index (χ1) is 12.1. The third kappa shape index (κ3) is 3.07. The van der Waals surface area contributed by atoms with Gasteiger partial charge in [-0.1, -0.05) is 6.07 Å². The Bertz CT molecular complexity index is 880. The molecular formula is C19H18FN5. The quantitative estimate of drug-likeness (QED) is 0.731. The van der Waals surface area contributed by atoms with Crippen molar-refractivity contribution in [3.63, 3.8) is 0 Å². The molecule has 0 unspecified atom stereocenters. The lowest BCUT2D eigenvalue weighted by atomic mass is 10.1. The van der Waals surface area contributed by atoms with Gasteiger partial charge in [-0.25, -0.2) is 24.3 Å². The molecule has 0 amide bonds. The number of benzene rings is 1. The van der Waals surface area contributed by atoms with Crippen LogP contribution in [0.15, 0.2) is 49.1 Å². The second-order valence-corrected chi connectivity index (χ2v) is 6.47. The lowest BCUT2D eigenvalue weighted by Crippen LogP contribution is -2.10. The first-order valence-corrected chi connectivity index (χ1v) is 8.19. The van der Waals surface area contributed by atoms with Crippen LogP contribution in [0.25, 0.3) is 11.6 Å². The molecule has 1 aliphatic rings. The fourth-order valence-electron chi connectivity index (χ4n) is 3.09. The van der Waals surface area contributed by atoms with Gasteiger partial charge in [0.25, 0.3) is 0 Å². The standard InChI is InChI=1S/C19H18FN5/c1-25(2)17-8-12(4-5-16(17)20)14-9-15(14)13-10-23-19(24-11-13)18-21-6-3-7-22-18/h3-8,10-11,14-15H,9H2,1-2H3/t14-,15+/m0/s1. The lowest BCUT2D eigenvalue weighted by Gasteiger charge is -2.14. The molecule has 2 atom stereocenters. The minimum Gasteiger partial charge on any atom is -0.375 e. The van der Waals surface area contributed by atoms with E-state index in [0.717, 1.165) is 17.5 Å². The second-order valence-electron chi connectivity index (χ2n) is 6.47. The van der Waals surface area contributed by atoms with Gasteiger partial charge in [0.2, 0.25) is 0 Å². The Morgan fingerprint density at radius 2 is 1.56 bits per heavy atom. The van der Waals surface area contributed by atoms with E-state index in [2.05, 4.69) is 19.9 Å². The van der Waals surface area contributed by atoms with Crippen molar-refractivity contribution in [1.82, 2.24) is 19.9 Å². The lowest BCUT2D eigenvalue weighted by molar-refractivity contribution is 0.625. The maximum Gasteiger partial charge on any atom is 0.197 e. The zero-order valence-electron chi connectivity index (χ0n) is 14.1. The molecule has 126 valence electrons. The number of hydrogen-bond donors (Lipinski definition) is 0. The van der Waals surface area contributed by atoms with E-state index >= 15 is 0 Å². The fraction of sp³-hybridized carbons (Fsp3) is 0.263. The summed E-state index contributed by atoms with van der Waals surface area (Å²) >= 11 is 0. The molecule has 0 radical (unpaired) electrons. The van der Waals surface area contributed by atoms with Gasteiger partial charge >= 0.3 is 0 Å². The van der Waals surface area contributed by atoms with Gasteiger partial charge in [0.15, 0.2) is 11.6 Å². The Morgan fingerprint density at radius 1 is 0.920 bits per heavy atom. The number of nitrogens with zero attached hydrogens (tertiary/aromatic N) is 5. The highest BCUT2D eigenvalue weighted by molar-refractivity contribution is 5.51. The molecule has 1 saturated carbocycles. The maximum atomic E-state index is 13.9. The summed E-state index contributed by atoms with van der Waals surface area (Å²) in [5, 5.41) is 0. The van der Waals surface area contributed by atoms with Crippen molar-refractivity contribution in [2.45, 2.75) is 18.3 Å². The van der Waals surface area contributed by atoms with Gasteiger partial charge in [0.1, 0.15) is 5.82 Å². The van der Waals surface area contributed by atoms with E-state index in [9.17, 15) is 4.39 Å². The van der Waals surface area contributed by atoms with Gasteiger partial charge in [-0.15, -0.1) is 0 Å². The van der Waals surface area contributed by atoms with Crippen LogP contribution in [-0.2, 0) is 0 Å². The van der Waals surface area contributed by atoms with E-state index < -0.39 is 0 Å². The third-order valence-corrected chi connectivity index (χ3v) is 4.54. The number of anilines is 1. The van der Waals surface area contributed by atoms with Crippen LogP contribution < -0.4 is 4.90 Å². The molecule has 3 aromatic rings. The van der Waals surface area contributed by atoms with Crippen molar-refractivity contribution in [3.05, 3.63) is 66.0 Å². The zero-order chi connectivity index (χ0) is 17.4. The summed E-state index contributed by atoms with van der Waals surface area (Å²) in [6.45, 7) is 0. The molecule has 1 aliphatic carbocycles. The molecule has 0 aliphatic heterocycles. The summed E-state index contributed by atoms with van der Waals surface area (Å²) in [4.78, 5) is 18.9. The van der Waals surface area contributed by atoms with Crippen molar-refractivity contribution < 1.29 is 4.39 Å². The highest BCUT2D eigenvalue weighted by Crippen LogP contribution is 2.54. The van der Waals surface area contributed by atoms with Crippen LogP contribution in [0.3, 0.4) is 0 Å². The average Bonchev–Trinajstić information content (AvgIpc) is 3.43. The number of halogens is 1. The van der Waals surface area contributed by atoms with Crippen molar-refractivity contribution in [2.24, 2.45) is 0 Å². The molecular weight excluding hydrogens is 317 g/mol. The summed E-state index contributed by atoms with van der Waals surface area (Å²) < 4.78 is 13.9. The van der Waals surface area contributed by atoms with Crippen LogP contribution in [0.5, 0.6) is 0 Å². The maximum absolute atomic E-state index is 13.9. The summed E-state index contributed by atoms with van der Waals surface area (Å²) in [5.41, 5.74) is 2.88. The molecule has 6 heteroatoms. The van der Waals surface area contributed by atoms with Crippen molar-refractivity contribution in [3.8, 4) is 11.6 Å². The Hall–Kier alpha value is -2.89. The molecule has 0 spiro atoms. The molecule has 2 aromatic heterocycles. The molecule has 25 heavy (non-hydrogen) atoms. The molecule has 0 saturated heterocycles. The molecule has 1 aromatic carbocycles. The fourth-order valence-corrected chi connectivity index (χ4v) is 3.09. The van der Waals surface area contributed by atoms with Crippen LogP contribution in [0.2, 0.25) is 0 Å². The zero-order valence-corrected chi connectivity index (χ0v) is 14.1. The SMILES string of the molecule is CN(C)c1cc([C@@H]2C[C@@H]2c2cnc(-c3ncccn3)nc2)ccc1F. The predicted octanol–water partition coefficient (Wildman–Crippen LogP) is 3.41. The van der Waals surface area contributed by atoms with E-state index in [0.29, 0.717) is 29.2 Å². The molecule has 1 fully saturated rings. The van der Waals surface area contributed by atoms with Crippen LogP contribution >= 0.6 is 0 Å². The molecule has 2 heterocycles. The van der Waals surface area contributed by atoms with E-state index in [1.807, 2.05) is 38.6 Å². The Kier molecular flexibility index (Phi) is 3.87. The second kappa shape index (κ2) is 6.20.